The molecule has 1 fully saturated rings. The van der Waals surface area contributed by atoms with Crippen LogP contribution in [0.15, 0.2) is 18.2 Å². The maximum absolute atomic E-state index is 12.6. The zero-order valence-corrected chi connectivity index (χ0v) is 17.6. The molecule has 1 aliphatic heterocycles. The molecule has 1 aromatic rings. The Kier molecular flexibility index (Phi) is 7.37. The second-order valence-electron chi connectivity index (χ2n) is 7.47. The van der Waals surface area contributed by atoms with Crippen molar-refractivity contribution >= 4 is 35.2 Å². The van der Waals surface area contributed by atoms with Crippen LogP contribution in [0.2, 0.25) is 10.0 Å². The lowest BCUT2D eigenvalue weighted by atomic mass is 10.1. The number of carbonyl (C=O) groups is 2. The van der Waals surface area contributed by atoms with E-state index in [4.69, 9.17) is 32.7 Å². The summed E-state index contributed by atoms with van der Waals surface area (Å²) < 4.78 is 10.9. The van der Waals surface area contributed by atoms with Crippen LogP contribution < -0.4 is 5.32 Å². The molecule has 0 saturated carbocycles. The fourth-order valence-electron chi connectivity index (χ4n) is 2.97. The van der Waals surface area contributed by atoms with Gasteiger partial charge in [-0.3, -0.25) is 9.69 Å². The largest absolute Gasteiger partial charge is 0.444 e. The van der Waals surface area contributed by atoms with Crippen molar-refractivity contribution in [3.05, 3.63) is 33.8 Å². The van der Waals surface area contributed by atoms with Gasteiger partial charge in [-0.2, -0.15) is 0 Å². The van der Waals surface area contributed by atoms with E-state index < -0.39 is 23.8 Å². The lowest BCUT2D eigenvalue weighted by Gasteiger charge is -2.28. The Balaban J connectivity index is 1.99. The molecule has 1 aliphatic rings. The molecule has 0 aliphatic carbocycles. The lowest BCUT2D eigenvalue weighted by molar-refractivity contribution is -0.126. The van der Waals surface area contributed by atoms with Crippen molar-refractivity contribution in [2.24, 2.45) is 0 Å². The van der Waals surface area contributed by atoms with Crippen molar-refractivity contribution in [3.8, 4) is 0 Å². The van der Waals surface area contributed by atoms with Crippen LogP contribution in [0, 0.1) is 0 Å². The molecule has 0 radical (unpaired) electrons. The normalized spacial score (nSPS) is 18.3. The summed E-state index contributed by atoms with van der Waals surface area (Å²) in [6.07, 6.45) is 0.470. The second kappa shape index (κ2) is 9.13. The highest BCUT2D eigenvalue weighted by Gasteiger charge is 2.36. The van der Waals surface area contributed by atoms with Crippen LogP contribution >= 0.6 is 23.2 Å². The molecule has 2 atom stereocenters. The van der Waals surface area contributed by atoms with Gasteiger partial charge in [0, 0.05) is 35.8 Å². The van der Waals surface area contributed by atoms with Gasteiger partial charge in [0.15, 0.2) is 0 Å². The van der Waals surface area contributed by atoms with Crippen LogP contribution in [0.25, 0.3) is 0 Å². The van der Waals surface area contributed by atoms with E-state index >= 15 is 0 Å². The van der Waals surface area contributed by atoms with Crippen molar-refractivity contribution in [1.82, 2.24) is 10.2 Å². The highest BCUT2D eigenvalue weighted by molar-refractivity contribution is 6.35. The highest BCUT2D eigenvalue weighted by atomic mass is 35.5. The molecule has 0 bridgehead atoms. The van der Waals surface area contributed by atoms with Crippen molar-refractivity contribution < 1.29 is 19.1 Å². The molecule has 1 N–H and O–H groups in total. The summed E-state index contributed by atoms with van der Waals surface area (Å²) in [7, 11) is 1.55. The number of nitrogens with one attached hydrogen (secondary N) is 1. The summed E-state index contributed by atoms with van der Waals surface area (Å²) in [5.74, 6) is -0.231. The van der Waals surface area contributed by atoms with Gasteiger partial charge in [0.1, 0.15) is 17.7 Å². The summed E-state index contributed by atoms with van der Waals surface area (Å²) in [6, 6.07) is 4.58. The van der Waals surface area contributed by atoms with Crippen LogP contribution in [0.5, 0.6) is 0 Å². The molecule has 0 aromatic heterocycles. The molecule has 2 amide bonds. The summed E-state index contributed by atoms with van der Waals surface area (Å²) in [4.78, 5) is 26.5. The Bertz CT molecular complexity index is 691. The maximum Gasteiger partial charge on any atom is 0.410 e. The monoisotopic (exact) mass is 416 g/mol. The van der Waals surface area contributed by atoms with E-state index in [9.17, 15) is 9.59 Å². The summed E-state index contributed by atoms with van der Waals surface area (Å²) >= 11 is 12.2. The molecule has 1 saturated heterocycles. The van der Waals surface area contributed by atoms with E-state index in [-0.39, 0.29) is 12.5 Å². The van der Waals surface area contributed by atoms with E-state index in [1.807, 2.05) is 0 Å². The molecule has 8 heteroatoms. The van der Waals surface area contributed by atoms with Crippen molar-refractivity contribution in [3.63, 3.8) is 0 Å². The molecule has 2 rings (SSSR count). The first-order valence-corrected chi connectivity index (χ1v) is 9.63. The fourth-order valence-corrected chi connectivity index (χ4v) is 3.50. The minimum atomic E-state index is -0.604. The maximum atomic E-state index is 12.6. The van der Waals surface area contributed by atoms with Crippen molar-refractivity contribution in [2.75, 3.05) is 20.2 Å². The van der Waals surface area contributed by atoms with E-state index in [0.29, 0.717) is 23.0 Å². The number of hydrogen-bond donors (Lipinski definition) is 1. The molecule has 1 aromatic carbocycles. The number of ether oxygens (including phenoxy) is 2. The van der Waals surface area contributed by atoms with Gasteiger partial charge in [-0.15, -0.1) is 0 Å². The van der Waals surface area contributed by atoms with E-state index in [0.717, 1.165) is 12.0 Å². The Hall–Kier alpha value is -1.50. The number of benzene rings is 1. The third-order valence-corrected chi connectivity index (χ3v) is 4.80. The van der Waals surface area contributed by atoms with Crippen molar-refractivity contribution in [1.29, 1.82) is 0 Å². The molecule has 2 unspecified atom stereocenters. The Morgan fingerprint density at radius 1 is 1.33 bits per heavy atom. The number of methoxy groups -OCH3 is 1. The molecular weight excluding hydrogens is 391 g/mol. The third-order valence-electron chi connectivity index (χ3n) is 4.24. The van der Waals surface area contributed by atoms with Crippen LogP contribution in [0.1, 0.15) is 45.3 Å². The first kappa shape index (κ1) is 21.8. The first-order chi connectivity index (χ1) is 12.6. The van der Waals surface area contributed by atoms with Gasteiger partial charge in [0.2, 0.25) is 5.91 Å². The summed E-state index contributed by atoms with van der Waals surface area (Å²) in [5.41, 5.74) is 0.131. The van der Waals surface area contributed by atoms with E-state index in [1.165, 1.54) is 4.90 Å². The quantitative estimate of drug-likeness (QED) is 0.780. The number of rotatable bonds is 5. The minimum Gasteiger partial charge on any atom is -0.444 e. The number of hydrogen-bond acceptors (Lipinski definition) is 4. The molecule has 27 heavy (non-hydrogen) atoms. The van der Waals surface area contributed by atoms with Crippen LogP contribution in [-0.2, 0) is 14.3 Å². The SMILES string of the molecule is COC(CNC(=O)C1CCCN1C(=O)OC(C)(C)C)c1ccc(Cl)cc1Cl. The van der Waals surface area contributed by atoms with Gasteiger partial charge in [-0.1, -0.05) is 29.3 Å². The smallest absolute Gasteiger partial charge is 0.410 e. The topological polar surface area (TPSA) is 67.9 Å². The zero-order valence-electron chi connectivity index (χ0n) is 16.1. The average Bonchev–Trinajstić information content (AvgIpc) is 3.05. The predicted molar refractivity (Wildman–Crippen MR) is 105 cm³/mol. The number of halogens is 2. The van der Waals surface area contributed by atoms with Gasteiger partial charge < -0.3 is 14.8 Å². The standard InChI is InChI=1S/C19H26Cl2N2O4/c1-19(2,3)27-18(25)23-9-5-6-15(23)17(24)22-11-16(26-4)13-8-7-12(20)10-14(13)21/h7-8,10,15-16H,5-6,9,11H2,1-4H3,(H,22,24). The van der Waals surface area contributed by atoms with Crippen LogP contribution in [0.3, 0.4) is 0 Å². The molecule has 0 spiro atoms. The molecule has 1 heterocycles. The third kappa shape index (κ3) is 5.99. The average molecular weight is 417 g/mol. The van der Waals surface area contributed by atoms with Gasteiger partial charge in [0.05, 0.1) is 0 Å². The number of nitrogens with zero attached hydrogens (tertiary/aromatic N) is 1. The van der Waals surface area contributed by atoms with Crippen molar-refractivity contribution in [2.45, 2.75) is 51.4 Å². The summed E-state index contributed by atoms with van der Waals surface area (Å²) in [6.45, 7) is 6.14. The first-order valence-electron chi connectivity index (χ1n) is 8.87. The Morgan fingerprint density at radius 2 is 2.04 bits per heavy atom. The van der Waals surface area contributed by atoms with Gasteiger partial charge >= 0.3 is 6.09 Å². The van der Waals surface area contributed by atoms with E-state index in [1.54, 1.807) is 46.1 Å². The Labute approximate surface area is 170 Å². The van der Waals surface area contributed by atoms with Crippen LogP contribution in [-0.4, -0.2) is 48.7 Å². The Morgan fingerprint density at radius 3 is 2.63 bits per heavy atom. The van der Waals surface area contributed by atoms with E-state index in [2.05, 4.69) is 5.32 Å². The fraction of sp³-hybridized carbons (Fsp3) is 0.579. The number of likely N-dealkylation sites (tertiary alicyclic amines) is 1. The summed E-state index contributed by atoms with van der Waals surface area (Å²) in [5, 5.41) is 3.86. The lowest BCUT2D eigenvalue weighted by Crippen LogP contribution is -2.48. The van der Waals surface area contributed by atoms with Gasteiger partial charge in [0.25, 0.3) is 0 Å². The predicted octanol–water partition coefficient (Wildman–Crippen LogP) is 4.20. The van der Waals surface area contributed by atoms with Gasteiger partial charge in [-0.05, 0) is 45.7 Å². The number of amides is 2. The highest BCUT2D eigenvalue weighted by Crippen LogP contribution is 2.28. The molecule has 6 nitrogen and oxygen atoms in total. The van der Waals surface area contributed by atoms with Gasteiger partial charge in [-0.25, -0.2) is 4.79 Å². The molecular formula is C19H26Cl2N2O4. The number of carbonyl (C=O) groups excluding carboxylic acids is 2. The second-order valence-corrected chi connectivity index (χ2v) is 8.31. The minimum absolute atomic E-state index is 0.231. The van der Waals surface area contributed by atoms with Crippen LogP contribution in [0.4, 0.5) is 4.79 Å². The molecule has 150 valence electrons. The zero-order chi connectivity index (χ0) is 20.2.